The van der Waals surface area contributed by atoms with Gasteiger partial charge in [-0.25, -0.2) is 4.98 Å². The molecule has 0 bridgehead atoms. The van der Waals surface area contributed by atoms with Crippen molar-refractivity contribution < 1.29 is 0 Å². The second kappa shape index (κ2) is 4.97. The first-order valence-corrected chi connectivity index (χ1v) is 4.81. The minimum absolute atomic E-state index is 0.917. The van der Waals surface area contributed by atoms with Crippen LogP contribution in [0, 0.1) is 0 Å². The third-order valence-corrected chi connectivity index (χ3v) is 2.04. The van der Waals surface area contributed by atoms with Crippen LogP contribution in [0.25, 0.3) is 0 Å². The van der Waals surface area contributed by atoms with Crippen LogP contribution in [0.15, 0.2) is 0 Å². The first-order valence-electron chi connectivity index (χ1n) is 4.81. The van der Waals surface area contributed by atoms with E-state index < -0.39 is 0 Å². The van der Waals surface area contributed by atoms with Gasteiger partial charge in [0.2, 0.25) is 0 Å². The van der Waals surface area contributed by atoms with Crippen molar-refractivity contribution in [1.29, 1.82) is 0 Å². The molecule has 0 fully saturated rings. The van der Waals surface area contributed by atoms with Crippen LogP contribution in [0.5, 0.6) is 0 Å². The van der Waals surface area contributed by atoms with E-state index in [2.05, 4.69) is 22.3 Å². The molecular formula is C9H18N4. The number of nitrogens with one attached hydrogen (secondary N) is 1. The van der Waals surface area contributed by atoms with E-state index in [0.29, 0.717) is 0 Å². The number of aryl methyl sites for hydroxylation is 3. The molecule has 0 aliphatic rings. The molecule has 0 aromatic carbocycles. The summed E-state index contributed by atoms with van der Waals surface area (Å²) < 4.78 is 1.88. The summed E-state index contributed by atoms with van der Waals surface area (Å²) in [5, 5.41) is 7.41. The molecule has 1 aromatic heterocycles. The molecule has 1 heterocycles. The van der Waals surface area contributed by atoms with Crippen LogP contribution in [0.1, 0.15) is 25.0 Å². The standard InChI is InChI=1S/C9H18N4/c1-4-8-11-9(13(3)12-8)6-5-7-10-2/h10H,4-7H2,1-3H3. The lowest BCUT2D eigenvalue weighted by Gasteiger charge is -1.98. The van der Waals surface area contributed by atoms with Gasteiger partial charge in [-0.1, -0.05) is 6.92 Å². The molecule has 0 unspecified atom stereocenters. The summed E-state index contributed by atoms with van der Waals surface area (Å²) in [4.78, 5) is 4.42. The van der Waals surface area contributed by atoms with Gasteiger partial charge in [0.05, 0.1) is 0 Å². The SMILES string of the molecule is CCc1nc(CCCNC)n(C)n1. The first kappa shape index (κ1) is 10.2. The fourth-order valence-corrected chi connectivity index (χ4v) is 1.27. The lowest BCUT2D eigenvalue weighted by Crippen LogP contribution is -2.10. The van der Waals surface area contributed by atoms with Crippen molar-refractivity contribution in [3.8, 4) is 0 Å². The zero-order chi connectivity index (χ0) is 9.68. The molecule has 0 amide bonds. The minimum Gasteiger partial charge on any atom is -0.320 e. The van der Waals surface area contributed by atoms with E-state index in [1.807, 2.05) is 18.8 Å². The van der Waals surface area contributed by atoms with Gasteiger partial charge in [0.15, 0.2) is 5.82 Å². The summed E-state index contributed by atoms with van der Waals surface area (Å²) in [5.74, 6) is 2.04. The van der Waals surface area contributed by atoms with Crippen molar-refractivity contribution >= 4 is 0 Å². The van der Waals surface area contributed by atoms with Gasteiger partial charge in [-0.2, -0.15) is 5.10 Å². The van der Waals surface area contributed by atoms with Gasteiger partial charge in [-0.05, 0) is 20.0 Å². The van der Waals surface area contributed by atoms with Crippen molar-refractivity contribution in [3.05, 3.63) is 11.6 Å². The molecule has 74 valence electrons. The first-order chi connectivity index (χ1) is 6.27. The average molecular weight is 182 g/mol. The van der Waals surface area contributed by atoms with E-state index in [1.165, 1.54) is 0 Å². The Hall–Kier alpha value is -0.900. The summed E-state index contributed by atoms with van der Waals surface area (Å²) in [6, 6.07) is 0. The second-order valence-corrected chi connectivity index (χ2v) is 3.13. The Morgan fingerprint density at radius 3 is 2.77 bits per heavy atom. The summed E-state index contributed by atoms with van der Waals surface area (Å²) in [6.07, 6.45) is 3.04. The molecule has 0 saturated heterocycles. The number of hydrogen-bond acceptors (Lipinski definition) is 3. The van der Waals surface area contributed by atoms with Crippen molar-refractivity contribution in [2.45, 2.75) is 26.2 Å². The molecule has 0 spiro atoms. The fourth-order valence-electron chi connectivity index (χ4n) is 1.27. The topological polar surface area (TPSA) is 42.7 Å². The van der Waals surface area contributed by atoms with Gasteiger partial charge in [-0.15, -0.1) is 0 Å². The van der Waals surface area contributed by atoms with Crippen LogP contribution in [-0.2, 0) is 19.9 Å². The molecule has 1 aromatic rings. The Morgan fingerprint density at radius 1 is 1.46 bits per heavy atom. The van der Waals surface area contributed by atoms with Crippen molar-refractivity contribution in [1.82, 2.24) is 20.1 Å². The Labute approximate surface area is 79.4 Å². The second-order valence-electron chi connectivity index (χ2n) is 3.13. The molecule has 1 rings (SSSR count). The molecular weight excluding hydrogens is 164 g/mol. The third-order valence-electron chi connectivity index (χ3n) is 2.04. The number of rotatable bonds is 5. The van der Waals surface area contributed by atoms with Crippen molar-refractivity contribution in [3.63, 3.8) is 0 Å². The molecule has 0 aliphatic carbocycles. The van der Waals surface area contributed by atoms with Gasteiger partial charge in [0, 0.05) is 19.9 Å². The predicted molar refractivity (Wildman–Crippen MR) is 52.6 cm³/mol. The fraction of sp³-hybridized carbons (Fsp3) is 0.778. The summed E-state index contributed by atoms with van der Waals surface area (Å²) >= 11 is 0. The van der Waals surface area contributed by atoms with Gasteiger partial charge >= 0.3 is 0 Å². The Balaban J connectivity index is 2.50. The van der Waals surface area contributed by atoms with Crippen LogP contribution in [-0.4, -0.2) is 28.4 Å². The van der Waals surface area contributed by atoms with Gasteiger partial charge in [-0.3, -0.25) is 4.68 Å². The molecule has 0 radical (unpaired) electrons. The van der Waals surface area contributed by atoms with Crippen LogP contribution < -0.4 is 5.32 Å². The largest absolute Gasteiger partial charge is 0.320 e. The Bertz CT molecular complexity index is 254. The highest BCUT2D eigenvalue weighted by Crippen LogP contribution is 2.00. The lowest BCUT2D eigenvalue weighted by atomic mass is 10.3. The summed E-state index contributed by atoms with van der Waals surface area (Å²) in [7, 11) is 3.93. The predicted octanol–water partition coefficient (Wildman–Crippen LogP) is 0.529. The van der Waals surface area contributed by atoms with Crippen molar-refractivity contribution in [2.75, 3.05) is 13.6 Å². The average Bonchev–Trinajstić information content (AvgIpc) is 2.48. The maximum Gasteiger partial charge on any atom is 0.150 e. The van der Waals surface area contributed by atoms with Gasteiger partial charge < -0.3 is 5.32 Å². The minimum atomic E-state index is 0.917. The van der Waals surface area contributed by atoms with Gasteiger partial charge in [0.25, 0.3) is 0 Å². The number of aromatic nitrogens is 3. The van der Waals surface area contributed by atoms with Crippen LogP contribution in [0.3, 0.4) is 0 Å². The summed E-state index contributed by atoms with van der Waals surface area (Å²) in [6.45, 7) is 3.11. The highest BCUT2D eigenvalue weighted by atomic mass is 15.3. The molecule has 0 aliphatic heterocycles. The molecule has 1 N–H and O–H groups in total. The van der Waals surface area contributed by atoms with E-state index in [9.17, 15) is 0 Å². The number of hydrogen-bond donors (Lipinski definition) is 1. The monoisotopic (exact) mass is 182 g/mol. The zero-order valence-electron chi connectivity index (χ0n) is 8.67. The third kappa shape index (κ3) is 2.81. The van der Waals surface area contributed by atoms with Gasteiger partial charge in [0.1, 0.15) is 5.82 Å². The molecule has 4 nitrogen and oxygen atoms in total. The quantitative estimate of drug-likeness (QED) is 0.675. The van der Waals surface area contributed by atoms with E-state index in [1.54, 1.807) is 0 Å². The van der Waals surface area contributed by atoms with Crippen LogP contribution in [0.4, 0.5) is 0 Å². The molecule has 13 heavy (non-hydrogen) atoms. The van der Waals surface area contributed by atoms with E-state index in [4.69, 9.17) is 0 Å². The summed E-state index contributed by atoms with van der Waals surface area (Å²) in [5.41, 5.74) is 0. The molecule has 0 atom stereocenters. The van der Waals surface area contributed by atoms with Crippen LogP contribution >= 0.6 is 0 Å². The van der Waals surface area contributed by atoms with E-state index in [0.717, 1.165) is 37.5 Å². The van der Waals surface area contributed by atoms with Crippen LogP contribution in [0.2, 0.25) is 0 Å². The Kier molecular flexibility index (Phi) is 3.89. The normalized spacial score (nSPS) is 10.7. The van der Waals surface area contributed by atoms with E-state index in [-0.39, 0.29) is 0 Å². The molecule has 4 heteroatoms. The highest BCUT2D eigenvalue weighted by Gasteiger charge is 2.04. The highest BCUT2D eigenvalue weighted by molar-refractivity contribution is 4.92. The Morgan fingerprint density at radius 2 is 2.23 bits per heavy atom. The maximum atomic E-state index is 4.42. The maximum absolute atomic E-state index is 4.42. The van der Waals surface area contributed by atoms with E-state index >= 15 is 0 Å². The lowest BCUT2D eigenvalue weighted by molar-refractivity contribution is 0.648. The zero-order valence-corrected chi connectivity index (χ0v) is 8.67. The van der Waals surface area contributed by atoms with Crippen molar-refractivity contribution in [2.24, 2.45) is 7.05 Å². The number of nitrogens with zero attached hydrogens (tertiary/aromatic N) is 3. The smallest absolute Gasteiger partial charge is 0.150 e. The molecule has 0 saturated carbocycles.